The highest BCUT2D eigenvalue weighted by Crippen LogP contribution is 2.14. The summed E-state index contributed by atoms with van der Waals surface area (Å²) in [5.41, 5.74) is 1.76. The predicted molar refractivity (Wildman–Crippen MR) is 70.6 cm³/mol. The molecule has 18 heavy (non-hydrogen) atoms. The summed E-state index contributed by atoms with van der Waals surface area (Å²) in [7, 11) is 4.12. The molecule has 1 saturated heterocycles. The van der Waals surface area contributed by atoms with E-state index in [4.69, 9.17) is 0 Å². The number of nitrogens with zero attached hydrogens (tertiary/aromatic N) is 6. The number of imidazole rings is 1. The number of aryl methyl sites for hydroxylation is 1. The van der Waals surface area contributed by atoms with Crippen LogP contribution in [0.2, 0.25) is 0 Å². The van der Waals surface area contributed by atoms with Crippen LogP contribution in [0.5, 0.6) is 0 Å². The second kappa shape index (κ2) is 4.53. The highest BCUT2D eigenvalue weighted by atomic mass is 15.3. The maximum atomic E-state index is 4.62. The second-order valence-corrected chi connectivity index (χ2v) is 4.88. The molecule has 0 aromatic carbocycles. The van der Waals surface area contributed by atoms with Gasteiger partial charge in [-0.25, -0.2) is 9.97 Å². The number of anilines is 1. The normalized spacial score (nSPS) is 18.2. The Morgan fingerprint density at radius 1 is 1.06 bits per heavy atom. The molecule has 1 fully saturated rings. The average Bonchev–Trinajstić information content (AvgIpc) is 2.60. The Hall–Kier alpha value is -1.69. The number of likely N-dealkylation sites (N-methyl/N-ethyl adjacent to an activating group) is 1. The van der Waals surface area contributed by atoms with Crippen LogP contribution in [0.25, 0.3) is 11.2 Å². The van der Waals surface area contributed by atoms with Gasteiger partial charge in [-0.05, 0) is 20.0 Å². The van der Waals surface area contributed by atoms with E-state index in [1.165, 1.54) is 0 Å². The standard InChI is InChI=1S/C12H18N6/c1-16-4-3-5-18(7-6-16)12-13-8-10-11(15-12)17(2)9-14-10/h8-9H,3-7H2,1-2H3. The van der Waals surface area contributed by atoms with Crippen LogP contribution in [-0.4, -0.2) is 57.6 Å². The second-order valence-electron chi connectivity index (χ2n) is 4.88. The summed E-state index contributed by atoms with van der Waals surface area (Å²) in [6.07, 6.45) is 4.74. The average molecular weight is 246 g/mol. The topological polar surface area (TPSA) is 50.1 Å². The van der Waals surface area contributed by atoms with Crippen molar-refractivity contribution in [2.24, 2.45) is 7.05 Å². The molecular formula is C12H18N6. The molecule has 3 heterocycles. The van der Waals surface area contributed by atoms with E-state index in [0.717, 1.165) is 49.7 Å². The summed E-state index contributed by atoms with van der Waals surface area (Å²) in [5.74, 6) is 0.821. The van der Waals surface area contributed by atoms with Crippen molar-refractivity contribution in [3.63, 3.8) is 0 Å². The van der Waals surface area contributed by atoms with Crippen LogP contribution in [0.3, 0.4) is 0 Å². The molecule has 0 bridgehead atoms. The molecule has 0 amide bonds. The lowest BCUT2D eigenvalue weighted by Gasteiger charge is -2.20. The van der Waals surface area contributed by atoms with E-state index in [1.54, 1.807) is 6.33 Å². The Bertz CT molecular complexity index is 548. The van der Waals surface area contributed by atoms with E-state index >= 15 is 0 Å². The zero-order valence-corrected chi connectivity index (χ0v) is 10.9. The molecule has 0 saturated carbocycles. The molecule has 0 unspecified atom stereocenters. The van der Waals surface area contributed by atoms with Gasteiger partial charge in [0.15, 0.2) is 5.65 Å². The zero-order chi connectivity index (χ0) is 12.5. The zero-order valence-electron chi connectivity index (χ0n) is 10.9. The molecule has 6 nitrogen and oxygen atoms in total. The third-order valence-corrected chi connectivity index (χ3v) is 3.44. The minimum atomic E-state index is 0.821. The van der Waals surface area contributed by atoms with E-state index < -0.39 is 0 Å². The van der Waals surface area contributed by atoms with Gasteiger partial charge in [0.05, 0.1) is 12.5 Å². The third-order valence-electron chi connectivity index (χ3n) is 3.44. The lowest BCUT2D eigenvalue weighted by Crippen LogP contribution is -2.30. The number of rotatable bonds is 1. The van der Waals surface area contributed by atoms with Gasteiger partial charge in [-0.2, -0.15) is 4.98 Å². The fraction of sp³-hybridized carbons (Fsp3) is 0.583. The van der Waals surface area contributed by atoms with Crippen molar-refractivity contribution in [2.45, 2.75) is 6.42 Å². The van der Waals surface area contributed by atoms with Gasteiger partial charge in [-0.3, -0.25) is 0 Å². The summed E-state index contributed by atoms with van der Waals surface area (Å²) >= 11 is 0. The van der Waals surface area contributed by atoms with Crippen molar-refractivity contribution in [3.8, 4) is 0 Å². The predicted octanol–water partition coefficient (Wildman–Crippen LogP) is 0.505. The lowest BCUT2D eigenvalue weighted by atomic mass is 10.4. The molecule has 0 atom stereocenters. The molecule has 6 heteroatoms. The molecule has 0 radical (unpaired) electrons. The van der Waals surface area contributed by atoms with Gasteiger partial charge in [0.1, 0.15) is 5.52 Å². The van der Waals surface area contributed by atoms with Gasteiger partial charge in [-0.15, -0.1) is 0 Å². The van der Waals surface area contributed by atoms with Gasteiger partial charge < -0.3 is 14.4 Å². The number of hydrogen-bond donors (Lipinski definition) is 0. The molecule has 0 aliphatic carbocycles. The van der Waals surface area contributed by atoms with Gasteiger partial charge >= 0.3 is 0 Å². The van der Waals surface area contributed by atoms with Crippen LogP contribution in [0, 0.1) is 0 Å². The minimum absolute atomic E-state index is 0.821. The molecule has 96 valence electrons. The van der Waals surface area contributed by atoms with Crippen LogP contribution in [0.4, 0.5) is 5.95 Å². The maximum Gasteiger partial charge on any atom is 0.227 e. The summed E-state index contributed by atoms with van der Waals surface area (Å²) in [6.45, 7) is 4.21. The van der Waals surface area contributed by atoms with Gasteiger partial charge in [0, 0.05) is 26.7 Å². The van der Waals surface area contributed by atoms with Gasteiger partial charge in [0.25, 0.3) is 0 Å². The Morgan fingerprint density at radius 2 is 1.94 bits per heavy atom. The van der Waals surface area contributed by atoms with Crippen molar-refractivity contribution in [2.75, 3.05) is 38.1 Å². The van der Waals surface area contributed by atoms with Gasteiger partial charge in [0.2, 0.25) is 5.95 Å². The van der Waals surface area contributed by atoms with Crippen molar-refractivity contribution >= 4 is 17.1 Å². The first-order valence-electron chi connectivity index (χ1n) is 6.31. The van der Waals surface area contributed by atoms with Gasteiger partial charge in [-0.1, -0.05) is 0 Å². The Morgan fingerprint density at radius 3 is 2.83 bits per heavy atom. The molecule has 1 aliphatic rings. The van der Waals surface area contributed by atoms with Crippen molar-refractivity contribution in [1.29, 1.82) is 0 Å². The van der Waals surface area contributed by atoms with Crippen LogP contribution in [0.1, 0.15) is 6.42 Å². The summed E-state index contributed by atoms with van der Waals surface area (Å²) in [6, 6.07) is 0. The Balaban J connectivity index is 1.90. The number of hydrogen-bond acceptors (Lipinski definition) is 5. The summed E-state index contributed by atoms with van der Waals surface area (Å²) < 4.78 is 1.93. The molecule has 2 aromatic rings. The monoisotopic (exact) mass is 246 g/mol. The minimum Gasteiger partial charge on any atom is -0.339 e. The Kier molecular flexibility index (Phi) is 2.87. The lowest BCUT2D eigenvalue weighted by molar-refractivity contribution is 0.360. The van der Waals surface area contributed by atoms with Crippen LogP contribution < -0.4 is 4.90 Å². The fourth-order valence-electron chi connectivity index (χ4n) is 2.31. The molecule has 0 N–H and O–H groups in total. The third kappa shape index (κ3) is 2.03. The smallest absolute Gasteiger partial charge is 0.227 e. The van der Waals surface area contributed by atoms with Crippen molar-refractivity contribution in [3.05, 3.63) is 12.5 Å². The summed E-state index contributed by atoms with van der Waals surface area (Å²) in [4.78, 5) is 17.9. The molecular weight excluding hydrogens is 228 g/mol. The van der Waals surface area contributed by atoms with E-state index in [9.17, 15) is 0 Å². The first-order valence-corrected chi connectivity index (χ1v) is 6.31. The van der Waals surface area contributed by atoms with E-state index in [2.05, 4.69) is 31.8 Å². The first-order chi connectivity index (χ1) is 8.74. The van der Waals surface area contributed by atoms with Crippen LogP contribution in [-0.2, 0) is 7.05 Å². The molecule has 1 aliphatic heterocycles. The Labute approximate surface area is 106 Å². The first kappa shape index (κ1) is 11.4. The summed E-state index contributed by atoms with van der Waals surface area (Å²) in [5, 5.41) is 0. The van der Waals surface area contributed by atoms with Crippen molar-refractivity contribution in [1.82, 2.24) is 24.4 Å². The number of aromatic nitrogens is 4. The highest BCUT2D eigenvalue weighted by Gasteiger charge is 2.15. The van der Waals surface area contributed by atoms with Crippen molar-refractivity contribution < 1.29 is 0 Å². The number of fused-ring (bicyclic) bond motifs is 1. The largest absolute Gasteiger partial charge is 0.339 e. The molecule has 2 aromatic heterocycles. The van der Waals surface area contributed by atoms with E-state index in [0.29, 0.717) is 0 Å². The maximum absolute atomic E-state index is 4.62. The SMILES string of the molecule is CN1CCCN(c2ncc3ncn(C)c3n2)CC1. The van der Waals surface area contributed by atoms with E-state index in [1.807, 2.05) is 17.8 Å². The quantitative estimate of drug-likeness (QED) is 0.733. The van der Waals surface area contributed by atoms with E-state index in [-0.39, 0.29) is 0 Å². The molecule has 3 rings (SSSR count). The fourth-order valence-corrected chi connectivity index (χ4v) is 2.31. The van der Waals surface area contributed by atoms with Crippen LogP contribution >= 0.6 is 0 Å². The highest BCUT2D eigenvalue weighted by molar-refractivity contribution is 5.70. The molecule has 0 spiro atoms. The van der Waals surface area contributed by atoms with Crippen LogP contribution in [0.15, 0.2) is 12.5 Å².